The van der Waals surface area contributed by atoms with Crippen LogP contribution in [0.5, 0.6) is 5.75 Å². The van der Waals surface area contributed by atoms with Crippen molar-refractivity contribution in [3.05, 3.63) is 87.9 Å². The molecule has 1 N–H and O–H groups in total. The van der Waals surface area contributed by atoms with E-state index in [9.17, 15) is 18.0 Å². The lowest BCUT2D eigenvalue weighted by Crippen LogP contribution is -2.51. The van der Waals surface area contributed by atoms with Gasteiger partial charge in [-0.3, -0.25) is 13.9 Å². The standard InChI is InChI=1S/C28H31Cl2N3O5S/c1-5-31-28(35)20(3)32(17-21-8-10-22(29)11-9-21)27(34)18-33(23-12-15-26(38-4)25(30)16-23)39(36,37)24-13-6-19(2)7-14-24/h6-16,20H,5,17-18H2,1-4H3,(H,31,35)/t20-/m0/s1. The maximum Gasteiger partial charge on any atom is 0.264 e. The summed E-state index contributed by atoms with van der Waals surface area (Å²) in [6, 6.07) is 16.8. The Balaban J connectivity index is 2.06. The van der Waals surface area contributed by atoms with Gasteiger partial charge in [-0.25, -0.2) is 8.42 Å². The molecule has 0 saturated carbocycles. The van der Waals surface area contributed by atoms with Gasteiger partial charge in [-0.15, -0.1) is 0 Å². The van der Waals surface area contributed by atoms with Crippen LogP contribution >= 0.6 is 23.2 Å². The van der Waals surface area contributed by atoms with Gasteiger partial charge in [0, 0.05) is 18.1 Å². The second kappa shape index (κ2) is 13.2. The van der Waals surface area contributed by atoms with Crippen molar-refractivity contribution >= 4 is 50.7 Å². The molecule has 0 aliphatic heterocycles. The molecule has 0 aliphatic carbocycles. The number of nitrogens with one attached hydrogen (secondary N) is 1. The van der Waals surface area contributed by atoms with Gasteiger partial charge in [-0.1, -0.05) is 53.0 Å². The molecule has 0 fully saturated rings. The highest BCUT2D eigenvalue weighted by molar-refractivity contribution is 7.92. The summed E-state index contributed by atoms with van der Waals surface area (Å²) >= 11 is 12.3. The van der Waals surface area contributed by atoms with Crippen molar-refractivity contribution in [2.45, 2.75) is 38.3 Å². The molecule has 11 heteroatoms. The van der Waals surface area contributed by atoms with Crippen LogP contribution in [0.15, 0.2) is 71.6 Å². The van der Waals surface area contributed by atoms with Crippen molar-refractivity contribution in [1.82, 2.24) is 10.2 Å². The quantitative estimate of drug-likeness (QED) is 0.336. The van der Waals surface area contributed by atoms with Crippen molar-refractivity contribution < 1.29 is 22.7 Å². The first-order valence-corrected chi connectivity index (χ1v) is 14.4. The fourth-order valence-electron chi connectivity index (χ4n) is 3.87. The first-order valence-electron chi connectivity index (χ1n) is 12.2. The number of aryl methyl sites for hydroxylation is 1. The fourth-order valence-corrected chi connectivity index (χ4v) is 5.65. The Morgan fingerprint density at radius 1 is 1.00 bits per heavy atom. The minimum Gasteiger partial charge on any atom is -0.495 e. The highest BCUT2D eigenvalue weighted by Crippen LogP contribution is 2.32. The van der Waals surface area contributed by atoms with Crippen LogP contribution in [-0.4, -0.2) is 51.4 Å². The predicted molar refractivity (Wildman–Crippen MR) is 154 cm³/mol. The number of ether oxygens (including phenoxy) is 1. The number of amides is 2. The number of hydrogen-bond acceptors (Lipinski definition) is 5. The Bertz CT molecular complexity index is 1410. The number of halogens is 2. The van der Waals surface area contributed by atoms with Gasteiger partial charge in [0.2, 0.25) is 11.8 Å². The minimum atomic E-state index is -4.20. The Kier molecular flexibility index (Phi) is 10.2. The second-order valence-electron chi connectivity index (χ2n) is 8.86. The highest BCUT2D eigenvalue weighted by Gasteiger charge is 2.32. The van der Waals surface area contributed by atoms with Gasteiger partial charge in [0.05, 0.1) is 22.7 Å². The summed E-state index contributed by atoms with van der Waals surface area (Å²) in [5.41, 5.74) is 1.78. The maximum absolute atomic E-state index is 13.9. The Morgan fingerprint density at radius 3 is 2.21 bits per heavy atom. The van der Waals surface area contributed by atoms with Gasteiger partial charge < -0.3 is 15.0 Å². The van der Waals surface area contributed by atoms with E-state index in [4.69, 9.17) is 27.9 Å². The third-order valence-corrected chi connectivity index (χ3v) is 8.43. The third-order valence-electron chi connectivity index (χ3n) is 6.10. The lowest BCUT2D eigenvalue weighted by molar-refractivity contribution is -0.139. The zero-order chi connectivity index (χ0) is 28.7. The lowest BCUT2D eigenvalue weighted by atomic mass is 10.1. The molecule has 0 bridgehead atoms. The number of anilines is 1. The van der Waals surface area contributed by atoms with Crippen LogP contribution in [0.2, 0.25) is 10.0 Å². The molecule has 0 aromatic heterocycles. The molecular weight excluding hydrogens is 561 g/mol. The average Bonchev–Trinajstić information content (AvgIpc) is 2.91. The van der Waals surface area contributed by atoms with Crippen molar-refractivity contribution in [2.24, 2.45) is 0 Å². The Labute approximate surface area is 239 Å². The van der Waals surface area contributed by atoms with Crippen molar-refractivity contribution in [1.29, 1.82) is 0 Å². The van der Waals surface area contributed by atoms with Crippen molar-refractivity contribution in [3.8, 4) is 5.75 Å². The number of carbonyl (C=O) groups excluding carboxylic acids is 2. The second-order valence-corrected chi connectivity index (χ2v) is 11.6. The van der Waals surface area contributed by atoms with E-state index < -0.39 is 28.5 Å². The third kappa shape index (κ3) is 7.44. The van der Waals surface area contributed by atoms with Crippen LogP contribution in [0.1, 0.15) is 25.0 Å². The van der Waals surface area contributed by atoms with E-state index in [-0.39, 0.29) is 28.1 Å². The molecule has 1 atom stereocenters. The topological polar surface area (TPSA) is 96.0 Å². The predicted octanol–water partition coefficient (Wildman–Crippen LogP) is 5.06. The molecule has 0 spiro atoms. The molecule has 8 nitrogen and oxygen atoms in total. The highest BCUT2D eigenvalue weighted by atomic mass is 35.5. The molecule has 0 heterocycles. The molecular formula is C28H31Cl2N3O5S. The van der Waals surface area contributed by atoms with E-state index in [1.807, 2.05) is 6.92 Å². The SMILES string of the molecule is CCNC(=O)[C@H](C)N(Cc1ccc(Cl)cc1)C(=O)CN(c1ccc(OC)c(Cl)c1)S(=O)(=O)c1ccc(C)cc1. The van der Waals surface area contributed by atoms with Crippen LogP contribution in [0.25, 0.3) is 0 Å². The van der Waals surface area contributed by atoms with E-state index in [2.05, 4.69) is 5.32 Å². The molecule has 2 amide bonds. The number of methoxy groups -OCH3 is 1. The van der Waals surface area contributed by atoms with Crippen LogP contribution < -0.4 is 14.4 Å². The number of rotatable bonds is 11. The van der Waals surface area contributed by atoms with Gasteiger partial charge in [0.25, 0.3) is 10.0 Å². The molecule has 208 valence electrons. The molecule has 3 aromatic rings. The number of hydrogen-bond donors (Lipinski definition) is 1. The summed E-state index contributed by atoms with van der Waals surface area (Å²) in [6.07, 6.45) is 0. The maximum atomic E-state index is 13.9. The molecule has 3 rings (SSSR count). The van der Waals surface area contributed by atoms with Gasteiger partial charge in [0.1, 0.15) is 18.3 Å². The zero-order valence-corrected chi connectivity index (χ0v) is 24.5. The summed E-state index contributed by atoms with van der Waals surface area (Å²) in [4.78, 5) is 28.0. The summed E-state index contributed by atoms with van der Waals surface area (Å²) in [7, 11) is -2.76. The number of likely N-dealkylation sites (N-methyl/N-ethyl adjacent to an activating group) is 1. The van der Waals surface area contributed by atoms with Crippen molar-refractivity contribution in [3.63, 3.8) is 0 Å². The molecule has 0 unspecified atom stereocenters. The first kappa shape index (κ1) is 30.3. The number of carbonyl (C=O) groups is 2. The average molecular weight is 593 g/mol. The number of nitrogens with zero attached hydrogens (tertiary/aromatic N) is 2. The fraction of sp³-hybridized carbons (Fsp3) is 0.286. The van der Waals surface area contributed by atoms with Crippen LogP contribution in [0.4, 0.5) is 5.69 Å². The normalized spacial score (nSPS) is 11.9. The zero-order valence-electron chi connectivity index (χ0n) is 22.1. The van der Waals surface area contributed by atoms with E-state index in [0.29, 0.717) is 17.3 Å². The van der Waals surface area contributed by atoms with Crippen LogP contribution in [0.3, 0.4) is 0 Å². The molecule has 0 saturated heterocycles. The van der Waals surface area contributed by atoms with E-state index in [1.54, 1.807) is 50.2 Å². The lowest BCUT2D eigenvalue weighted by Gasteiger charge is -2.32. The van der Waals surface area contributed by atoms with Gasteiger partial charge in [-0.2, -0.15) is 0 Å². The summed E-state index contributed by atoms with van der Waals surface area (Å²) < 4.78 is 33.9. The summed E-state index contributed by atoms with van der Waals surface area (Å²) in [6.45, 7) is 5.09. The van der Waals surface area contributed by atoms with E-state index >= 15 is 0 Å². The van der Waals surface area contributed by atoms with E-state index in [0.717, 1.165) is 15.4 Å². The molecule has 39 heavy (non-hydrogen) atoms. The van der Waals surface area contributed by atoms with Crippen LogP contribution in [-0.2, 0) is 26.2 Å². The smallest absolute Gasteiger partial charge is 0.264 e. The number of benzene rings is 3. The number of sulfonamides is 1. The minimum absolute atomic E-state index is 0.00821. The summed E-state index contributed by atoms with van der Waals surface area (Å²) in [5.74, 6) is -0.583. The molecule has 0 radical (unpaired) electrons. The van der Waals surface area contributed by atoms with Gasteiger partial charge >= 0.3 is 0 Å². The van der Waals surface area contributed by atoms with Gasteiger partial charge in [-0.05, 0) is 68.8 Å². The van der Waals surface area contributed by atoms with Crippen molar-refractivity contribution in [2.75, 3.05) is 24.5 Å². The van der Waals surface area contributed by atoms with Crippen LogP contribution in [0, 0.1) is 6.92 Å². The Morgan fingerprint density at radius 2 is 1.64 bits per heavy atom. The summed E-state index contributed by atoms with van der Waals surface area (Å²) in [5, 5.41) is 3.43. The van der Waals surface area contributed by atoms with Gasteiger partial charge in [0.15, 0.2) is 0 Å². The first-order chi connectivity index (χ1) is 18.5. The Hall–Kier alpha value is -3.27. The van der Waals surface area contributed by atoms with E-state index in [1.165, 1.54) is 42.3 Å². The largest absolute Gasteiger partial charge is 0.495 e. The molecule has 0 aliphatic rings. The monoisotopic (exact) mass is 591 g/mol. The molecule has 3 aromatic carbocycles.